The highest BCUT2D eigenvalue weighted by Crippen LogP contribution is 2.23. The van der Waals surface area contributed by atoms with Gasteiger partial charge < -0.3 is 4.90 Å². The molecule has 0 radical (unpaired) electrons. The molecule has 27 heavy (non-hydrogen) atoms. The predicted octanol–water partition coefficient (Wildman–Crippen LogP) is 3.96. The molecule has 0 aliphatic carbocycles. The molecular weight excluding hydrogens is 354 g/mol. The summed E-state index contributed by atoms with van der Waals surface area (Å²) in [5.74, 6) is 0.0937. The van der Waals surface area contributed by atoms with E-state index in [2.05, 4.69) is 42.2 Å². The zero-order chi connectivity index (χ0) is 18.6. The first-order valence-electron chi connectivity index (χ1n) is 9.28. The maximum absolute atomic E-state index is 12.4. The zero-order valence-corrected chi connectivity index (χ0v) is 16.3. The van der Waals surface area contributed by atoms with Gasteiger partial charge in [0, 0.05) is 32.3 Å². The van der Waals surface area contributed by atoms with Crippen LogP contribution in [0.15, 0.2) is 54.6 Å². The lowest BCUT2D eigenvalue weighted by molar-refractivity contribution is -0.127. The molecular formula is C22H23N3OS. The second kappa shape index (κ2) is 8.03. The van der Waals surface area contributed by atoms with Gasteiger partial charge in [-0.3, -0.25) is 9.69 Å². The third kappa shape index (κ3) is 4.43. The van der Waals surface area contributed by atoms with E-state index >= 15 is 0 Å². The molecule has 2 heterocycles. The Bertz CT molecular complexity index is 937. The maximum atomic E-state index is 12.4. The summed E-state index contributed by atoms with van der Waals surface area (Å²) in [4.78, 5) is 21.5. The molecule has 1 aromatic heterocycles. The predicted molar refractivity (Wildman–Crippen MR) is 112 cm³/mol. The smallest absolute Gasteiger partial charge is 0.246 e. The van der Waals surface area contributed by atoms with Gasteiger partial charge in [-0.05, 0) is 30.7 Å². The van der Waals surface area contributed by atoms with Gasteiger partial charge in [-0.1, -0.05) is 42.0 Å². The fourth-order valence-corrected chi connectivity index (χ4v) is 4.36. The second-order valence-electron chi connectivity index (χ2n) is 6.92. The molecule has 0 unspecified atom stereocenters. The lowest BCUT2D eigenvalue weighted by atomic mass is 10.1. The molecule has 1 amide bonds. The Kier molecular flexibility index (Phi) is 5.32. The molecule has 1 saturated heterocycles. The number of piperazine rings is 1. The molecule has 0 saturated carbocycles. The highest BCUT2D eigenvalue weighted by atomic mass is 32.1. The summed E-state index contributed by atoms with van der Waals surface area (Å²) < 4.78 is 1.24. The largest absolute Gasteiger partial charge is 0.337 e. The number of carbonyl (C=O) groups excluding carboxylic acids is 1. The van der Waals surface area contributed by atoms with Crippen molar-refractivity contribution < 1.29 is 4.79 Å². The quantitative estimate of drug-likeness (QED) is 0.646. The van der Waals surface area contributed by atoms with Crippen molar-refractivity contribution in [1.82, 2.24) is 14.8 Å². The van der Waals surface area contributed by atoms with Crippen molar-refractivity contribution in [3.05, 3.63) is 70.7 Å². The minimum atomic E-state index is 0.0937. The highest BCUT2D eigenvalue weighted by molar-refractivity contribution is 7.18. The van der Waals surface area contributed by atoms with Crippen molar-refractivity contribution in [3.8, 4) is 0 Å². The van der Waals surface area contributed by atoms with Crippen LogP contribution in [0.25, 0.3) is 16.3 Å². The van der Waals surface area contributed by atoms with Gasteiger partial charge in [0.25, 0.3) is 0 Å². The third-order valence-electron chi connectivity index (χ3n) is 4.84. The van der Waals surface area contributed by atoms with E-state index in [0.29, 0.717) is 0 Å². The van der Waals surface area contributed by atoms with Crippen LogP contribution in [0, 0.1) is 6.92 Å². The zero-order valence-electron chi connectivity index (χ0n) is 15.5. The minimum absolute atomic E-state index is 0.0937. The van der Waals surface area contributed by atoms with Gasteiger partial charge >= 0.3 is 0 Å². The van der Waals surface area contributed by atoms with Crippen LogP contribution in [0.5, 0.6) is 0 Å². The van der Waals surface area contributed by atoms with Gasteiger partial charge in [0.1, 0.15) is 5.01 Å². The van der Waals surface area contributed by atoms with E-state index in [1.165, 1.54) is 10.3 Å². The summed E-state index contributed by atoms with van der Waals surface area (Å²) in [5, 5.41) is 1.15. The maximum Gasteiger partial charge on any atom is 0.246 e. The van der Waals surface area contributed by atoms with Crippen molar-refractivity contribution in [3.63, 3.8) is 0 Å². The number of aromatic nitrogens is 1. The Morgan fingerprint density at radius 3 is 2.70 bits per heavy atom. The van der Waals surface area contributed by atoms with Gasteiger partial charge in [0.2, 0.25) is 5.91 Å². The second-order valence-corrected chi connectivity index (χ2v) is 8.04. The van der Waals surface area contributed by atoms with E-state index in [9.17, 15) is 4.79 Å². The van der Waals surface area contributed by atoms with Crippen molar-refractivity contribution in [1.29, 1.82) is 0 Å². The molecule has 0 bridgehead atoms. The molecule has 2 aromatic carbocycles. The lowest BCUT2D eigenvalue weighted by Crippen LogP contribution is -2.47. The van der Waals surface area contributed by atoms with Crippen molar-refractivity contribution >= 4 is 33.5 Å². The standard InChI is InChI=1S/C22H23N3OS/c1-17-5-4-6-18(15-17)9-10-22(26)25-13-11-24(12-14-25)16-21-23-19-7-2-3-8-20(19)27-21/h2-10,15H,11-14,16H2,1H3. The Labute approximate surface area is 163 Å². The van der Waals surface area contributed by atoms with E-state index in [1.807, 2.05) is 29.2 Å². The summed E-state index contributed by atoms with van der Waals surface area (Å²) in [5.41, 5.74) is 3.35. The first kappa shape index (κ1) is 17.9. The number of aryl methyl sites for hydroxylation is 1. The molecule has 138 valence electrons. The van der Waals surface area contributed by atoms with E-state index in [0.717, 1.165) is 48.8 Å². The lowest BCUT2D eigenvalue weighted by Gasteiger charge is -2.33. The Morgan fingerprint density at radius 2 is 1.93 bits per heavy atom. The number of nitrogens with zero attached hydrogens (tertiary/aromatic N) is 3. The number of fused-ring (bicyclic) bond motifs is 1. The van der Waals surface area contributed by atoms with Gasteiger partial charge in [-0.2, -0.15) is 0 Å². The van der Waals surface area contributed by atoms with E-state index in [4.69, 9.17) is 4.98 Å². The van der Waals surface area contributed by atoms with Gasteiger partial charge in [-0.25, -0.2) is 4.98 Å². The molecule has 1 fully saturated rings. The summed E-state index contributed by atoms with van der Waals surface area (Å²) in [6, 6.07) is 16.4. The van der Waals surface area contributed by atoms with Gasteiger partial charge in [0.05, 0.1) is 16.8 Å². The average Bonchev–Trinajstić information content (AvgIpc) is 3.09. The normalized spacial score (nSPS) is 15.7. The summed E-state index contributed by atoms with van der Waals surface area (Å²) in [6.07, 6.45) is 3.60. The van der Waals surface area contributed by atoms with E-state index in [-0.39, 0.29) is 5.91 Å². The Hall–Kier alpha value is -2.50. The molecule has 5 heteroatoms. The number of amides is 1. The molecule has 4 nitrogen and oxygen atoms in total. The highest BCUT2D eigenvalue weighted by Gasteiger charge is 2.20. The van der Waals surface area contributed by atoms with Crippen LogP contribution in [-0.4, -0.2) is 46.9 Å². The van der Waals surface area contributed by atoms with Gasteiger partial charge in [-0.15, -0.1) is 11.3 Å². The third-order valence-corrected chi connectivity index (χ3v) is 5.86. The van der Waals surface area contributed by atoms with Crippen LogP contribution in [0.2, 0.25) is 0 Å². The van der Waals surface area contributed by atoms with Crippen LogP contribution >= 0.6 is 11.3 Å². The summed E-state index contributed by atoms with van der Waals surface area (Å²) in [7, 11) is 0. The van der Waals surface area contributed by atoms with E-state index < -0.39 is 0 Å². The Morgan fingerprint density at radius 1 is 1.11 bits per heavy atom. The number of para-hydroxylation sites is 1. The fourth-order valence-electron chi connectivity index (χ4n) is 3.35. The SMILES string of the molecule is Cc1cccc(C=CC(=O)N2CCN(Cc3nc4ccccc4s3)CC2)c1. The van der Waals surface area contributed by atoms with Crippen LogP contribution in [0.4, 0.5) is 0 Å². The summed E-state index contributed by atoms with van der Waals surface area (Å²) in [6.45, 7) is 6.23. The summed E-state index contributed by atoms with van der Waals surface area (Å²) >= 11 is 1.76. The number of carbonyl (C=O) groups is 1. The molecule has 1 aliphatic rings. The number of hydrogen-bond donors (Lipinski definition) is 0. The topological polar surface area (TPSA) is 36.4 Å². The number of thiazole rings is 1. The van der Waals surface area contributed by atoms with Crippen molar-refractivity contribution in [2.75, 3.05) is 26.2 Å². The van der Waals surface area contributed by atoms with Crippen LogP contribution in [0.3, 0.4) is 0 Å². The molecule has 0 atom stereocenters. The van der Waals surface area contributed by atoms with Gasteiger partial charge in [0.15, 0.2) is 0 Å². The molecule has 4 rings (SSSR count). The number of rotatable bonds is 4. The molecule has 0 spiro atoms. The van der Waals surface area contributed by atoms with Crippen LogP contribution in [0.1, 0.15) is 16.1 Å². The van der Waals surface area contributed by atoms with Crippen molar-refractivity contribution in [2.24, 2.45) is 0 Å². The molecule has 3 aromatic rings. The Balaban J connectivity index is 1.31. The van der Waals surface area contributed by atoms with Crippen molar-refractivity contribution in [2.45, 2.75) is 13.5 Å². The van der Waals surface area contributed by atoms with E-state index in [1.54, 1.807) is 17.4 Å². The number of hydrogen-bond acceptors (Lipinski definition) is 4. The average molecular weight is 378 g/mol. The fraction of sp³-hybridized carbons (Fsp3) is 0.273. The molecule has 0 N–H and O–H groups in total. The first-order chi connectivity index (χ1) is 13.2. The minimum Gasteiger partial charge on any atom is -0.337 e. The first-order valence-corrected chi connectivity index (χ1v) is 10.1. The van der Waals surface area contributed by atoms with Crippen LogP contribution < -0.4 is 0 Å². The number of benzene rings is 2. The molecule has 1 aliphatic heterocycles. The van der Waals surface area contributed by atoms with Crippen LogP contribution in [-0.2, 0) is 11.3 Å². The monoisotopic (exact) mass is 377 g/mol.